The first-order chi connectivity index (χ1) is 13.2. The van der Waals surface area contributed by atoms with Crippen LogP contribution in [0, 0.1) is 6.92 Å². The Morgan fingerprint density at radius 3 is 2.85 bits per heavy atom. The second-order valence-electron chi connectivity index (χ2n) is 6.71. The van der Waals surface area contributed by atoms with Crippen LogP contribution in [0.3, 0.4) is 0 Å². The number of aromatic nitrogens is 2. The topological polar surface area (TPSA) is 80.5 Å². The Morgan fingerprint density at radius 1 is 1.22 bits per heavy atom. The van der Waals surface area contributed by atoms with Gasteiger partial charge < -0.3 is 19.5 Å². The van der Waals surface area contributed by atoms with E-state index in [0.29, 0.717) is 11.6 Å². The monoisotopic (exact) mass is 366 g/mol. The van der Waals surface area contributed by atoms with Gasteiger partial charge in [-0.2, -0.15) is 0 Å². The van der Waals surface area contributed by atoms with Crippen molar-refractivity contribution in [1.29, 1.82) is 0 Å². The molecule has 7 heteroatoms. The zero-order valence-electron chi connectivity index (χ0n) is 15.3. The van der Waals surface area contributed by atoms with Crippen molar-refractivity contribution >= 4 is 28.1 Å². The number of rotatable bonds is 5. The minimum absolute atomic E-state index is 0.137. The molecule has 0 radical (unpaired) electrons. The molecule has 1 fully saturated rings. The number of amides is 1. The number of pyridine rings is 1. The summed E-state index contributed by atoms with van der Waals surface area (Å²) in [4.78, 5) is 18.9. The third-order valence-electron chi connectivity index (χ3n) is 4.72. The number of nitrogens with one attached hydrogen (secondary N) is 1. The molecule has 1 aliphatic heterocycles. The molecule has 0 bridgehead atoms. The summed E-state index contributed by atoms with van der Waals surface area (Å²) in [5.41, 5.74) is 1.92. The van der Waals surface area contributed by atoms with E-state index in [2.05, 4.69) is 26.4 Å². The SMILES string of the molecule is Cc1cc(OCC(=O)Nc2ccc(N3CCCCC3)c3ccncc23)no1. The second kappa shape index (κ2) is 7.65. The van der Waals surface area contributed by atoms with E-state index in [1.54, 1.807) is 25.4 Å². The summed E-state index contributed by atoms with van der Waals surface area (Å²) in [5.74, 6) is 0.678. The Morgan fingerprint density at radius 2 is 2.07 bits per heavy atom. The standard InChI is InChI=1S/C20H22N4O3/c1-14-11-20(23-27-14)26-13-19(25)22-17-5-6-18(24-9-3-2-4-10-24)15-7-8-21-12-16(15)17/h5-8,11-12H,2-4,9-10,13H2,1H3,(H,22,25). The van der Waals surface area contributed by atoms with Crippen molar-refractivity contribution in [2.24, 2.45) is 0 Å². The second-order valence-corrected chi connectivity index (χ2v) is 6.71. The summed E-state index contributed by atoms with van der Waals surface area (Å²) < 4.78 is 10.3. The number of hydrogen-bond acceptors (Lipinski definition) is 6. The summed E-state index contributed by atoms with van der Waals surface area (Å²) >= 11 is 0. The number of anilines is 2. The maximum atomic E-state index is 12.3. The van der Waals surface area contributed by atoms with Gasteiger partial charge in [0.25, 0.3) is 11.8 Å². The summed E-state index contributed by atoms with van der Waals surface area (Å²) in [7, 11) is 0. The van der Waals surface area contributed by atoms with Crippen molar-refractivity contribution in [3.63, 3.8) is 0 Å². The van der Waals surface area contributed by atoms with Crippen molar-refractivity contribution in [2.45, 2.75) is 26.2 Å². The van der Waals surface area contributed by atoms with Crippen LogP contribution in [0.1, 0.15) is 25.0 Å². The normalized spacial score (nSPS) is 14.3. The number of carbonyl (C=O) groups is 1. The van der Waals surface area contributed by atoms with E-state index in [4.69, 9.17) is 9.26 Å². The summed E-state index contributed by atoms with van der Waals surface area (Å²) in [6, 6.07) is 7.65. The van der Waals surface area contributed by atoms with Crippen LogP contribution in [-0.4, -0.2) is 35.7 Å². The van der Waals surface area contributed by atoms with E-state index in [9.17, 15) is 4.79 Å². The minimum Gasteiger partial charge on any atom is -0.465 e. The highest BCUT2D eigenvalue weighted by Gasteiger charge is 2.16. The summed E-state index contributed by atoms with van der Waals surface area (Å²) in [5, 5.41) is 8.64. The largest absolute Gasteiger partial charge is 0.465 e. The van der Waals surface area contributed by atoms with Crippen LogP contribution in [0.15, 0.2) is 41.2 Å². The number of ether oxygens (including phenoxy) is 1. The van der Waals surface area contributed by atoms with Crippen molar-refractivity contribution in [2.75, 3.05) is 29.9 Å². The maximum Gasteiger partial charge on any atom is 0.262 e. The van der Waals surface area contributed by atoms with Crippen LogP contribution in [0.5, 0.6) is 5.88 Å². The number of benzene rings is 1. The molecule has 1 aliphatic rings. The van der Waals surface area contributed by atoms with Crippen LogP contribution < -0.4 is 15.0 Å². The average Bonchev–Trinajstić information content (AvgIpc) is 3.13. The van der Waals surface area contributed by atoms with E-state index in [1.807, 2.05) is 12.1 Å². The fourth-order valence-electron chi connectivity index (χ4n) is 3.43. The van der Waals surface area contributed by atoms with Crippen LogP contribution >= 0.6 is 0 Å². The van der Waals surface area contributed by atoms with Gasteiger partial charge in [-0.25, -0.2) is 0 Å². The van der Waals surface area contributed by atoms with Crippen molar-refractivity contribution in [3.8, 4) is 5.88 Å². The quantitative estimate of drug-likeness (QED) is 0.744. The van der Waals surface area contributed by atoms with Gasteiger partial charge in [0.2, 0.25) is 0 Å². The van der Waals surface area contributed by atoms with Crippen molar-refractivity contribution < 1.29 is 14.1 Å². The number of hydrogen-bond donors (Lipinski definition) is 1. The zero-order chi connectivity index (χ0) is 18.6. The molecule has 0 atom stereocenters. The van der Waals surface area contributed by atoms with E-state index in [1.165, 1.54) is 24.9 Å². The van der Waals surface area contributed by atoms with Gasteiger partial charge in [0.15, 0.2) is 6.61 Å². The van der Waals surface area contributed by atoms with Crippen molar-refractivity contribution in [1.82, 2.24) is 10.1 Å². The lowest BCUT2D eigenvalue weighted by molar-refractivity contribution is -0.118. The predicted molar refractivity (Wildman–Crippen MR) is 103 cm³/mol. The number of carbonyl (C=O) groups excluding carboxylic acids is 1. The molecular formula is C20H22N4O3. The van der Waals surface area contributed by atoms with E-state index in [-0.39, 0.29) is 12.5 Å². The molecule has 0 aliphatic carbocycles. The van der Waals surface area contributed by atoms with Gasteiger partial charge in [0, 0.05) is 48.0 Å². The number of nitrogens with zero attached hydrogens (tertiary/aromatic N) is 3. The third kappa shape index (κ3) is 3.86. The van der Waals surface area contributed by atoms with Gasteiger partial charge in [-0.15, -0.1) is 0 Å². The van der Waals surface area contributed by atoms with Gasteiger partial charge >= 0.3 is 0 Å². The fourth-order valence-corrected chi connectivity index (χ4v) is 3.43. The Hall–Kier alpha value is -3.09. The van der Waals surface area contributed by atoms with E-state index >= 15 is 0 Å². The molecule has 0 saturated carbocycles. The van der Waals surface area contributed by atoms with Gasteiger partial charge in [0.05, 0.1) is 5.69 Å². The molecule has 1 amide bonds. The average molecular weight is 366 g/mol. The Kier molecular flexibility index (Phi) is 4.91. The highest BCUT2D eigenvalue weighted by atomic mass is 16.5. The molecule has 1 aromatic carbocycles. The molecule has 1 N–H and O–H groups in total. The van der Waals surface area contributed by atoms with E-state index < -0.39 is 0 Å². The lowest BCUT2D eigenvalue weighted by Crippen LogP contribution is -2.29. The summed E-state index contributed by atoms with van der Waals surface area (Å²) in [6.45, 7) is 3.76. The fraction of sp³-hybridized carbons (Fsp3) is 0.350. The minimum atomic E-state index is -0.258. The Bertz CT molecular complexity index is 947. The first-order valence-electron chi connectivity index (χ1n) is 9.18. The summed E-state index contributed by atoms with van der Waals surface area (Å²) in [6.07, 6.45) is 7.29. The highest BCUT2D eigenvalue weighted by Crippen LogP contribution is 2.33. The zero-order valence-corrected chi connectivity index (χ0v) is 15.3. The highest BCUT2D eigenvalue weighted by molar-refractivity contribution is 6.06. The molecule has 27 heavy (non-hydrogen) atoms. The van der Waals surface area contributed by atoms with Crippen molar-refractivity contribution in [3.05, 3.63) is 42.4 Å². The lowest BCUT2D eigenvalue weighted by atomic mass is 10.1. The molecule has 140 valence electrons. The molecule has 7 nitrogen and oxygen atoms in total. The third-order valence-corrected chi connectivity index (χ3v) is 4.72. The number of fused-ring (bicyclic) bond motifs is 1. The van der Waals surface area contributed by atoms with Crippen LogP contribution in [0.4, 0.5) is 11.4 Å². The molecule has 4 rings (SSSR count). The lowest BCUT2D eigenvalue weighted by Gasteiger charge is -2.30. The number of piperidine rings is 1. The predicted octanol–water partition coefficient (Wildman–Crippen LogP) is 3.54. The molecule has 1 saturated heterocycles. The van der Waals surface area contributed by atoms with Gasteiger partial charge in [-0.1, -0.05) is 0 Å². The molecule has 2 aromatic heterocycles. The Balaban J connectivity index is 1.52. The van der Waals surface area contributed by atoms with Crippen LogP contribution in [0.25, 0.3) is 10.8 Å². The molecule has 0 unspecified atom stereocenters. The molecule has 3 aromatic rings. The first-order valence-corrected chi connectivity index (χ1v) is 9.18. The number of aryl methyl sites for hydroxylation is 1. The van der Waals surface area contributed by atoms with Crippen LogP contribution in [0.2, 0.25) is 0 Å². The van der Waals surface area contributed by atoms with Crippen LogP contribution in [-0.2, 0) is 4.79 Å². The Labute approximate surface area is 157 Å². The maximum absolute atomic E-state index is 12.3. The van der Waals surface area contributed by atoms with E-state index in [0.717, 1.165) is 29.5 Å². The van der Waals surface area contributed by atoms with Gasteiger partial charge in [-0.3, -0.25) is 9.78 Å². The molecular weight excluding hydrogens is 344 g/mol. The smallest absolute Gasteiger partial charge is 0.262 e. The molecule has 0 spiro atoms. The molecule has 3 heterocycles. The first kappa shape index (κ1) is 17.3. The van der Waals surface area contributed by atoms with Gasteiger partial charge in [0.1, 0.15) is 5.76 Å². The van der Waals surface area contributed by atoms with Gasteiger partial charge in [-0.05, 0) is 49.5 Å².